The molecule has 4 rings (SSSR count). The number of urea groups is 1. The maximum absolute atomic E-state index is 13.7. The highest BCUT2D eigenvalue weighted by atomic mass is 32.2. The third-order valence-corrected chi connectivity index (χ3v) is 9.04. The van der Waals surface area contributed by atoms with E-state index in [0.29, 0.717) is 22.5 Å². The Morgan fingerprint density at radius 3 is 2.26 bits per heavy atom. The van der Waals surface area contributed by atoms with Gasteiger partial charge in [0, 0.05) is 25.1 Å². The van der Waals surface area contributed by atoms with Crippen molar-refractivity contribution in [3.05, 3.63) is 59.4 Å². The number of hydrogen-bond donors (Lipinski definition) is 4. The van der Waals surface area contributed by atoms with E-state index < -0.39 is 74.2 Å². The maximum atomic E-state index is 13.7. The molecular formula is C25H25F7N4O5S. The Kier molecular flexibility index (Phi) is 7.90. The number of fused-ring (bicyclic) bond motifs is 1. The molecule has 4 N–H and O–H groups in total. The second-order valence-corrected chi connectivity index (χ2v) is 12.2. The van der Waals surface area contributed by atoms with Gasteiger partial charge in [0.1, 0.15) is 5.82 Å². The third kappa shape index (κ3) is 5.71. The molecule has 0 radical (unpaired) electrons. The van der Waals surface area contributed by atoms with Gasteiger partial charge in [0.2, 0.25) is 5.91 Å². The normalized spacial score (nSPS) is 21.4. The number of nitrogens with zero attached hydrogens (tertiary/aromatic N) is 1. The minimum absolute atomic E-state index is 0.0323. The SMILES string of the molecule is CC1(CNC(=O)CC2CCc3cc(C(O)(C(F)(F)F)C(F)(F)F)ccc3N2S(=O)(=O)c2ccc(F)cc2)CNC(=O)N1. The summed E-state index contributed by atoms with van der Waals surface area (Å²) in [6.45, 7) is 1.81. The molecule has 2 aromatic carbocycles. The lowest BCUT2D eigenvalue weighted by atomic mass is 9.87. The van der Waals surface area contributed by atoms with Crippen LogP contribution in [0.4, 0.5) is 41.2 Å². The Balaban J connectivity index is 1.72. The highest BCUT2D eigenvalue weighted by Gasteiger charge is 2.71. The first-order valence-electron chi connectivity index (χ1n) is 12.4. The first kappa shape index (κ1) is 31.3. The third-order valence-electron chi connectivity index (χ3n) is 7.16. The smallest absolute Gasteiger partial charge is 0.369 e. The average molecular weight is 627 g/mol. The number of halogens is 7. The van der Waals surface area contributed by atoms with Crippen molar-refractivity contribution in [1.82, 2.24) is 16.0 Å². The Bertz CT molecular complexity index is 1470. The standard InChI is InChI=1S/C25H25F7N4O5S/c1-22(13-34-21(38)35-22)12-33-20(37)11-17-6-2-14-10-15(23(39,24(27,28)29)25(30,31)32)3-9-19(14)36(17)42(40,41)18-7-4-16(26)5-8-18/h3-5,7-10,17,39H,2,6,11-13H2,1H3,(H,33,37)(H2,34,35,38). The van der Waals surface area contributed by atoms with E-state index in [1.807, 2.05) is 0 Å². The van der Waals surface area contributed by atoms with Crippen LogP contribution >= 0.6 is 0 Å². The highest BCUT2D eigenvalue weighted by Crippen LogP contribution is 2.51. The molecule has 2 heterocycles. The van der Waals surface area contributed by atoms with Gasteiger partial charge in [-0.05, 0) is 55.7 Å². The molecule has 17 heteroatoms. The molecule has 2 unspecified atom stereocenters. The number of benzene rings is 2. The van der Waals surface area contributed by atoms with Crippen LogP contribution in [0.15, 0.2) is 47.4 Å². The molecule has 2 aliphatic heterocycles. The zero-order valence-corrected chi connectivity index (χ0v) is 22.6. The van der Waals surface area contributed by atoms with Gasteiger partial charge in [-0.3, -0.25) is 9.10 Å². The van der Waals surface area contributed by atoms with Crippen LogP contribution in [0.2, 0.25) is 0 Å². The van der Waals surface area contributed by atoms with Crippen LogP contribution in [-0.2, 0) is 26.8 Å². The van der Waals surface area contributed by atoms with Gasteiger partial charge in [0.25, 0.3) is 15.6 Å². The van der Waals surface area contributed by atoms with Crippen LogP contribution in [0.5, 0.6) is 0 Å². The lowest BCUT2D eigenvalue weighted by Crippen LogP contribution is -2.54. The van der Waals surface area contributed by atoms with Crippen LogP contribution in [0.1, 0.15) is 30.9 Å². The van der Waals surface area contributed by atoms with Gasteiger partial charge in [-0.1, -0.05) is 12.1 Å². The minimum atomic E-state index is -6.15. The summed E-state index contributed by atoms with van der Waals surface area (Å²) in [6.07, 6.45) is -13.2. The highest BCUT2D eigenvalue weighted by molar-refractivity contribution is 7.92. The number of nitrogens with one attached hydrogen (secondary N) is 3. The summed E-state index contributed by atoms with van der Waals surface area (Å²) in [5, 5.41) is 17.6. The number of hydrogen-bond acceptors (Lipinski definition) is 5. The molecular weight excluding hydrogens is 601 g/mol. The number of rotatable bonds is 7. The molecule has 230 valence electrons. The zero-order chi connectivity index (χ0) is 31.3. The summed E-state index contributed by atoms with van der Waals surface area (Å²) >= 11 is 0. The fourth-order valence-corrected chi connectivity index (χ4v) is 6.62. The molecule has 2 aliphatic rings. The van der Waals surface area contributed by atoms with Crippen LogP contribution in [-0.4, -0.2) is 62.5 Å². The lowest BCUT2D eigenvalue weighted by Gasteiger charge is -2.39. The van der Waals surface area contributed by atoms with E-state index in [4.69, 9.17) is 0 Å². The molecule has 0 spiro atoms. The average Bonchev–Trinajstić information content (AvgIpc) is 3.23. The number of sulfonamides is 1. The van der Waals surface area contributed by atoms with Crippen LogP contribution in [0.25, 0.3) is 0 Å². The van der Waals surface area contributed by atoms with Crippen molar-refractivity contribution in [1.29, 1.82) is 0 Å². The Morgan fingerprint density at radius 2 is 1.71 bits per heavy atom. The topological polar surface area (TPSA) is 128 Å². The summed E-state index contributed by atoms with van der Waals surface area (Å²) in [7, 11) is -4.63. The fraction of sp³-hybridized carbons (Fsp3) is 0.440. The fourth-order valence-electron chi connectivity index (χ4n) is 4.91. The van der Waals surface area contributed by atoms with Gasteiger partial charge in [0.05, 0.1) is 22.2 Å². The van der Waals surface area contributed by atoms with Crippen molar-refractivity contribution in [3.63, 3.8) is 0 Å². The second kappa shape index (κ2) is 10.6. The number of carbonyl (C=O) groups excluding carboxylic acids is 2. The molecule has 0 aliphatic carbocycles. The molecule has 3 amide bonds. The Morgan fingerprint density at radius 1 is 1.10 bits per heavy atom. The van der Waals surface area contributed by atoms with E-state index in [-0.39, 0.29) is 37.2 Å². The van der Waals surface area contributed by atoms with Crippen LogP contribution in [0, 0.1) is 5.82 Å². The monoisotopic (exact) mass is 626 g/mol. The molecule has 0 saturated carbocycles. The quantitative estimate of drug-likeness (QED) is 0.351. The van der Waals surface area contributed by atoms with Crippen molar-refractivity contribution in [2.45, 2.75) is 60.6 Å². The van der Waals surface area contributed by atoms with Crippen molar-refractivity contribution in [2.24, 2.45) is 0 Å². The van der Waals surface area contributed by atoms with Crippen molar-refractivity contribution in [2.75, 3.05) is 17.4 Å². The van der Waals surface area contributed by atoms with Gasteiger partial charge < -0.3 is 21.1 Å². The van der Waals surface area contributed by atoms with Gasteiger partial charge in [-0.2, -0.15) is 26.3 Å². The summed E-state index contributed by atoms with van der Waals surface area (Å²) < 4.78 is 123. The first-order valence-corrected chi connectivity index (χ1v) is 13.8. The minimum Gasteiger partial charge on any atom is -0.369 e. The molecule has 0 aromatic heterocycles. The predicted molar refractivity (Wildman–Crippen MR) is 133 cm³/mol. The first-order chi connectivity index (χ1) is 19.3. The molecule has 1 fully saturated rings. The van der Waals surface area contributed by atoms with Crippen molar-refractivity contribution in [3.8, 4) is 0 Å². The van der Waals surface area contributed by atoms with E-state index in [2.05, 4.69) is 16.0 Å². The molecule has 1 saturated heterocycles. The second-order valence-electron chi connectivity index (χ2n) is 10.3. The summed E-state index contributed by atoms with van der Waals surface area (Å²) in [6, 6.07) is 3.42. The van der Waals surface area contributed by atoms with E-state index in [9.17, 15) is 53.8 Å². The van der Waals surface area contributed by atoms with Crippen molar-refractivity contribution >= 4 is 27.6 Å². The van der Waals surface area contributed by atoms with E-state index >= 15 is 0 Å². The van der Waals surface area contributed by atoms with E-state index in [0.717, 1.165) is 24.3 Å². The Labute approximate surface area is 235 Å². The molecule has 2 atom stereocenters. The van der Waals surface area contributed by atoms with Crippen LogP contribution < -0.4 is 20.3 Å². The maximum Gasteiger partial charge on any atom is 0.430 e. The molecule has 9 nitrogen and oxygen atoms in total. The lowest BCUT2D eigenvalue weighted by molar-refractivity contribution is -0.376. The van der Waals surface area contributed by atoms with E-state index in [1.54, 1.807) is 6.92 Å². The molecule has 2 aromatic rings. The molecule has 42 heavy (non-hydrogen) atoms. The number of carbonyl (C=O) groups is 2. The van der Waals surface area contributed by atoms with Crippen molar-refractivity contribution < 1.29 is 53.8 Å². The summed E-state index contributed by atoms with van der Waals surface area (Å²) in [5.74, 6) is -1.42. The van der Waals surface area contributed by atoms with Gasteiger partial charge in [-0.15, -0.1) is 0 Å². The van der Waals surface area contributed by atoms with Gasteiger partial charge >= 0.3 is 18.4 Å². The predicted octanol–water partition coefficient (Wildman–Crippen LogP) is 3.23. The summed E-state index contributed by atoms with van der Waals surface area (Å²) in [5.41, 5.74) is -8.19. The largest absolute Gasteiger partial charge is 0.430 e. The van der Waals surface area contributed by atoms with Gasteiger partial charge in [-0.25, -0.2) is 17.6 Å². The van der Waals surface area contributed by atoms with Gasteiger partial charge in [0.15, 0.2) is 0 Å². The Hall–Kier alpha value is -3.60. The summed E-state index contributed by atoms with van der Waals surface area (Å²) in [4.78, 5) is 23.9. The number of aliphatic hydroxyl groups is 1. The number of amides is 3. The zero-order valence-electron chi connectivity index (χ0n) is 21.7. The molecule has 0 bridgehead atoms. The number of anilines is 1. The number of aryl methyl sites for hydroxylation is 1. The van der Waals surface area contributed by atoms with Crippen LogP contribution in [0.3, 0.4) is 0 Å². The number of alkyl halides is 6. The van der Waals surface area contributed by atoms with E-state index in [1.165, 1.54) is 0 Å².